The number of hydrogen-bond donors (Lipinski definition) is 1. The van der Waals surface area contributed by atoms with Crippen LogP contribution in [0, 0.1) is 11.8 Å². The summed E-state index contributed by atoms with van der Waals surface area (Å²) in [7, 11) is 3.78. The van der Waals surface area contributed by atoms with Crippen LogP contribution in [0.25, 0.3) is 0 Å². The number of nitrogens with zero attached hydrogens (tertiary/aromatic N) is 1. The Hall–Kier alpha value is -0.570. The highest BCUT2D eigenvalue weighted by molar-refractivity contribution is 5.78. The number of nitrogens with one attached hydrogen (secondary N) is 1. The van der Waals surface area contributed by atoms with E-state index in [0.717, 1.165) is 19.5 Å². The summed E-state index contributed by atoms with van der Waals surface area (Å²) in [5.74, 6) is 1.03. The molecule has 0 aromatic heterocycles. The molecule has 2 unspecified atom stereocenters. The third kappa shape index (κ3) is 2.21. The topological polar surface area (TPSA) is 32.3 Å². The standard InChI is InChI=1S/C9H18N2O/c1-7-4-8(9(12)10-2)6-11(3)5-7/h7-8H,4-6H2,1-3H3,(H,10,12). The monoisotopic (exact) mass is 170 g/mol. The first-order valence-corrected chi connectivity index (χ1v) is 4.53. The maximum absolute atomic E-state index is 11.3. The lowest BCUT2D eigenvalue weighted by Gasteiger charge is -2.32. The zero-order valence-corrected chi connectivity index (χ0v) is 8.13. The molecule has 0 aromatic rings. The van der Waals surface area contributed by atoms with Crippen molar-refractivity contribution in [1.29, 1.82) is 0 Å². The third-order valence-corrected chi connectivity index (χ3v) is 2.46. The highest BCUT2D eigenvalue weighted by Gasteiger charge is 2.26. The van der Waals surface area contributed by atoms with E-state index >= 15 is 0 Å². The lowest BCUT2D eigenvalue weighted by atomic mass is 9.90. The van der Waals surface area contributed by atoms with Crippen molar-refractivity contribution >= 4 is 5.91 Å². The Labute approximate surface area is 74.1 Å². The first-order valence-electron chi connectivity index (χ1n) is 4.53. The van der Waals surface area contributed by atoms with Crippen LogP contribution in [0.15, 0.2) is 0 Å². The molecule has 0 aromatic carbocycles. The average molecular weight is 170 g/mol. The normalized spacial score (nSPS) is 31.6. The van der Waals surface area contributed by atoms with Crippen molar-refractivity contribution in [3.63, 3.8) is 0 Å². The summed E-state index contributed by atoms with van der Waals surface area (Å²) in [5, 5.41) is 2.71. The molecule has 2 atom stereocenters. The van der Waals surface area contributed by atoms with Crippen molar-refractivity contribution < 1.29 is 4.79 Å². The first-order chi connectivity index (χ1) is 5.63. The van der Waals surface area contributed by atoms with Gasteiger partial charge in [-0.3, -0.25) is 4.79 Å². The SMILES string of the molecule is CNC(=O)C1CC(C)CN(C)C1. The van der Waals surface area contributed by atoms with E-state index in [1.807, 2.05) is 0 Å². The molecular formula is C9H18N2O. The number of rotatable bonds is 1. The lowest BCUT2D eigenvalue weighted by molar-refractivity contribution is -0.126. The predicted molar refractivity (Wildman–Crippen MR) is 48.8 cm³/mol. The number of likely N-dealkylation sites (tertiary alicyclic amines) is 1. The molecule has 0 bridgehead atoms. The predicted octanol–water partition coefficient (Wildman–Crippen LogP) is 0.320. The summed E-state index contributed by atoms with van der Waals surface area (Å²) in [6, 6.07) is 0. The Morgan fingerprint density at radius 3 is 2.67 bits per heavy atom. The van der Waals surface area contributed by atoms with Crippen LogP contribution in [0.3, 0.4) is 0 Å². The number of amides is 1. The Bertz CT molecular complexity index is 160. The van der Waals surface area contributed by atoms with Crippen LogP contribution in [0.1, 0.15) is 13.3 Å². The number of carbonyl (C=O) groups is 1. The van der Waals surface area contributed by atoms with E-state index in [0.29, 0.717) is 5.92 Å². The molecule has 1 N–H and O–H groups in total. The maximum atomic E-state index is 11.3. The molecule has 1 aliphatic rings. The smallest absolute Gasteiger partial charge is 0.224 e. The minimum Gasteiger partial charge on any atom is -0.359 e. The molecule has 1 fully saturated rings. The summed E-state index contributed by atoms with van der Waals surface area (Å²) < 4.78 is 0. The molecule has 0 aliphatic carbocycles. The highest BCUT2D eigenvalue weighted by Crippen LogP contribution is 2.20. The zero-order valence-electron chi connectivity index (χ0n) is 8.13. The quantitative estimate of drug-likeness (QED) is 0.614. The van der Waals surface area contributed by atoms with E-state index < -0.39 is 0 Å². The van der Waals surface area contributed by atoms with Crippen LogP contribution >= 0.6 is 0 Å². The summed E-state index contributed by atoms with van der Waals surface area (Å²) in [6.45, 7) is 4.23. The second kappa shape index (κ2) is 3.90. The van der Waals surface area contributed by atoms with Gasteiger partial charge in [0.15, 0.2) is 0 Å². The van der Waals surface area contributed by atoms with Crippen molar-refractivity contribution in [3.05, 3.63) is 0 Å². The van der Waals surface area contributed by atoms with Gasteiger partial charge in [0, 0.05) is 20.1 Å². The lowest BCUT2D eigenvalue weighted by Crippen LogP contribution is -2.43. The van der Waals surface area contributed by atoms with Crippen LogP contribution in [-0.2, 0) is 4.79 Å². The van der Waals surface area contributed by atoms with Crippen molar-refractivity contribution in [3.8, 4) is 0 Å². The van der Waals surface area contributed by atoms with E-state index in [-0.39, 0.29) is 11.8 Å². The van der Waals surface area contributed by atoms with Crippen molar-refractivity contribution in [2.75, 3.05) is 27.2 Å². The Kier molecular flexibility index (Phi) is 3.09. The van der Waals surface area contributed by atoms with Crippen LogP contribution in [-0.4, -0.2) is 38.0 Å². The van der Waals surface area contributed by atoms with Crippen molar-refractivity contribution in [2.45, 2.75) is 13.3 Å². The molecule has 12 heavy (non-hydrogen) atoms. The third-order valence-electron chi connectivity index (χ3n) is 2.46. The van der Waals surface area contributed by atoms with Gasteiger partial charge in [-0.15, -0.1) is 0 Å². The Morgan fingerprint density at radius 1 is 1.50 bits per heavy atom. The van der Waals surface area contributed by atoms with Gasteiger partial charge in [-0.1, -0.05) is 6.92 Å². The first kappa shape index (κ1) is 9.52. The molecule has 1 saturated heterocycles. The Morgan fingerprint density at radius 2 is 2.17 bits per heavy atom. The molecule has 3 heteroatoms. The molecule has 1 heterocycles. The largest absolute Gasteiger partial charge is 0.359 e. The van der Waals surface area contributed by atoms with Crippen molar-refractivity contribution in [2.24, 2.45) is 11.8 Å². The molecule has 0 spiro atoms. The minimum atomic E-state index is 0.188. The van der Waals surface area contributed by atoms with Crippen LogP contribution in [0.4, 0.5) is 0 Å². The van der Waals surface area contributed by atoms with Gasteiger partial charge in [0.25, 0.3) is 0 Å². The van der Waals surface area contributed by atoms with E-state index in [2.05, 4.69) is 24.2 Å². The van der Waals surface area contributed by atoms with Gasteiger partial charge in [-0.25, -0.2) is 0 Å². The molecule has 3 nitrogen and oxygen atoms in total. The Balaban J connectivity index is 2.49. The molecular weight excluding hydrogens is 152 g/mol. The molecule has 0 saturated carbocycles. The summed E-state index contributed by atoms with van der Waals surface area (Å²) in [4.78, 5) is 13.6. The van der Waals surface area contributed by atoms with E-state index in [1.54, 1.807) is 7.05 Å². The van der Waals surface area contributed by atoms with Gasteiger partial charge in [0.2, 0.25) is 5.91 Å². The van der Waals surface area contributed by atoms with E-state index in [4.69, 9.17) is 0 Å². The van der Waals surface area contributed by atoms with Gasteiger partial charge < -0.3 is 10.2 Å². The molecule has 0 radical (unpaired) electrons. The summed E-state index contributed by atoms with van der Waals surface area (Å²) in [6.07, 6.45) is 1.03. The second-order valence-corrected chi connectivity index (χ2v) is 3.87. The molecule has 1 rings (SSSR count). The van der Waals surface area contributed by atoms with E-state index in [9.17, 15) is 4.79 Å². The minimum absolute atomic E-state index is 0.188. The highest BCUT2D eigenvalue weighted by atomic mass is 16.1. The fraction of sp³-hybridized carbons (Fsp3) is 0.889. The summed E-state index contributed by atoms with van der Waals surface area (Å²) in [5.41, 5.74) is 0. The van der Waals surface area contributed by atoms with Gasteiger partial charge in [0.1, 0.15) is 0 Å². The molecule has 1 aliphatic heterocycles. The second-order valence-electron chi connectivity index (χ2n) is 3.87. The fourth-order valence-corrected chi connectivity index (χ4v) is 2.01. The van der Waals surface area contributed by atoms with Gasteiger partial charge in [-0.2, -0.15) is 0 Å². The number of carbonyl (C=O) groups excluding carboxylic acids is 1. The number of hydrogen-bond acceptors (Lipinski definition) is 2. The van der Waals surface area contributed by atoms with Gasteiger partial charge in [-0.05, 0) is 19.4 Å². The van der Waals surface area contributed by atoms with Gasteiger partial charge in [0.05, 0.1) is 5.92 Å². The van der Waals surface area contributed by atoms with Crippen LogP contribution in [0.2, 0.25) is 0 Å². The van der Waals surface area contributed by atoms with Crippen LogP contribution < -0.4 is 5.32 Å². The average Bonchev–Trinajstić information content (AvgIpc) is 2.01. The van der Waals surface area contributed by atoms with E-state index in [1.165, 1.54) is 0 Å². The molecule has 1 amide bonds. The fourth-order valence-electron chi connectivity index (χ4n) is 2.01. The summed E-state index contributed by atoms with van der Waals surface area (Å²) >= 11 is 0. The maximum Gasteiger partial charge on any atom is 0.224 e. The molecule has 70 valence electrons. The van der Waals surface area contributed by atoms with Crippen molar-refractivity contribution in [1.82, 2.24) is 10.2 Å². The number of piperidine rings is 1. The van der Waals surface area contributed by atoms with Gasteiger partial charge >= 0.3 is 0 Å². The van der Waals surface area contributed by atoms with Crippen LogP contribution in [0.5, 0.6) is 0 Å². The zero-order chi connectivity index (χ0) is 9.14.